The first-order valence-corrected chi connectivity index (χ1v) is 10.2. The van der Waals surface area contributed by atoms with Crippen LogP contribution < -0.4 is 0 Å². The number of benzene rings is 1. The summed E-state index contributed by atoms with van der Waals surface area (Å²) in [5.74, 6) is 0.207. The molecular weight excluding hydrogens is 338 g/mol. The Morgan fingerprint density at radius 3 is 2.74 bits per heavy atom. The van der Waals surface area contributed by atoms with Gasteiger partial charge in [0.15, 0.2) is 0 Å². The van der Waals surface area contributed by atoms with Gasteiger partial charge in [-0.15, -0.1) is 0 Å². The number of aliphatic hydroxyl groups excluding tert-OH is 1. The third-order valence-electron chi connectivity index (χ3n) is 5.50. The largest absolute Gasteiger partial charge is 0.389 e. The second-order valence-electron chi connectivity index (χ2n) is 8.23. The van der Waals surface area contributed by atoms with E-state index in [0.29, 0.717) is 12.8 Å². The van der Waals surface area contributed by atoms with Crippen LogP contribution in [0, 0.1) is 5.92 Å². The molecule has 4 heteroatoms. The van der Waals surface area contributed by atoms with Crippen molar-refractivity contribution in [3.05, 3.63) is 48.0 Å². The summed E-state index contributed by atoms with van der Waals surface area (Å²) in [5.41, 5.74) is 0.436. The number of nitrogens with zero attached hydrogens (tertiary/aromatic N) is 1. The highest BCUT2D eigenvalue weighted by atomic mass is 16.3. The van der Waals surface area contributed by atoms with Crippen molar-refractivity contribution in [2.75, 3.05) is 14.1 Å². The maximum Gasteiger partial charge on any atom is 0.224 e. The molecule has 27 heavy (non-hydrogen) atoms. The lowest BCUT2D eigenvalue weighted by molar-refractivity contribution is -0.135. The molecule has 1 fully saturated rings. The molecule has 4 nitrogen and oxygen atoms in total. The number of amides is 1. The summed E-state index contributed by atoms with van der Waals surface area (Å²) in [6, 6.07) is 10.4. The van der Waals surface area contributed by atoms with Crippen molar-refractivity contribution in [1.29, 1.82) is 0 Å². The minimum Gasteiger partial charge on any atom is -0.389 e. The maximum atomic E-state index is 11.9. The van der Waals surface area contributed by atoms with Gasteiger partial charge in [0, 0.05) is 14.1 Å². The predicted octanol–water partition coefficient (Wildman–Crippen LogP) is 3.72. The molecule has 1 aromatic carbocycles. The Kier molecular flexibility index (Phi) is 8.52. The van der Waals surface area contributed by atoms with Crippen LogP contribution in [0.15, 0.2) is 42.5 Å². The molecule has 3 atom stereocenters. The molecule has 1 aliphatic rings. The normalized spacial score (nSPS) is 24.1. The topological polar surface area (TPSA) is 60.8 Å². The van der Waals surface area contributed by atoms with Crippen LogP contribution in [0.1, 0.15) is 56.9 Å². The van der Waals surface area contributed by atoms with E-state index in [4.69, 9.17) is 0 Å². The number of hydrogen-bond acceptors (Lipinski definition) is 3. The van der Waals surface area contributed by atoms with E-state index in [1.54, 1.807) is 14.1 Å². The lowest BCUT2D eigenvalue weighted by Crippen LogP contribution is -2.40. The molecule has 2 N–H and O–H groups in total. The molecule has 1 aliphatic carbocycles. The molecule has 0 aromatic heterocycles. The van der Waals surface area contributed by atoms with Crippen molar-refractivity contribution in [2.45, 2.75) is 69.5 Å². The van der Waals surface area contributed by atoms with E-state index in [1.165, 1.54) is 10.5 Å². The Hall–Kier alpha value is -1.65. The Morgan fingerprint density at radius 1 is 1.30 bits per heavy atom. The fraction of sp³-hybridized carbons (Fsp3) is 0.609. The van der Waals surface area contributed by atoms with Gasteiger partial charge in [-0.25, -0.2) is 0 Å². The smallest absolute Gasteiger partial charge is 0.224 e. The Morgan fingerprint density at radius 2 is 2.04 bits per heavy atom. The minimum atomic E-state index is -0.907. The molecule has 0 aliphatic heterocycles. The van der Waals surface area contributed by atoms with E-state index < -0.39 is 11.7 Å². The van der Waals surface area contributed by atoms with Gasteiger partial charge >= 0.3 is 0 Å². The van der Waals surface area contributed by atoms with E-state index in [2.05, 4.69) is 24.3 Å². The molecule has 150 valence electrons. The minimum absolute atomic E-state index is 0.0272. The number of unbranched alkanes of at least 4 members (excludes halogenated alkanes) is 1. The summed E-state index contributed by atoms with van der Waals surface area (Å²) in [6.07, 6.45) is 10.8. The maximum absolute atomic E-state index is 11.9. The van der Waals surface area contributed by atoms with Gasteiger partial charge in [-0.05, 0) is 56.4 Å². The SMILES string of the molecule is CN(C)C(=O)C[C@]1(O)CCC[C@H](/C=C/C(O)CCCCc2ccccc2)C1. The number of carbonyl (C=O) groups excluding carboxylic acids is 1. The average molecular weight is 374 g/mol. The van der Waals surface area contributed by atoms with E-state index in [-0.39, 0.29) is 18.2 Å². The van der Waals surface area contributed by atoms with Gasteiger partial charge in [-0.3, -0.25) is 4.79 Å². The molecule has 1 saturated carbocycles. The number of rotatable bonds is 9. The van der Waals surface area contributed by atoms with Crippen LogP contribution in [0.2, 0.25) is 0 Å². The molecule has 0 radical (unpaired) electrons. The summed E-state index contributed by atoms with van der Waals surface area (Å²) >= 11 is 0. The van der Waals surface area contributed by atoms with Crippen LogP contribution in [0.4, 0.5) is 0 Å². The van der Waals surface area contributed by atoms with Gasteiger partial charge in [0.05, 0.1) is 18.1 Å². The van der Waals surface area contributed by atoms with Crippen LogP contribution in [0.25, 0.3) is 0 Å². The second-order valence-corrected chi connectivity index (χ2v) is 8.23. The molecule has 1 unspecified atom stereocenters. The molecule has 0 spiro atoms. The standard InChI is InChI=1S/C23H35NO3/c1-24(2)22(26)18-23(27)16-8-12-20(17-23)14-15-21(25)13-7-6-11-19-9-4-3-5-10-19/h3-5,9-10,14-15,20-21,25,27H,6-8,11-13,16-18H2,1-2H3/b15-14+/t20-,21?,23+/m1/s1. The first-order chi connectivity index (χ1) is 12.9. The predicted molar refractivity (Wildman–Crippen MR) is 109 cm³/mol. The van der Waals surface area contributed by atoms with Gasteiger partial charge in [0.25, 0.3) is 0 Å². The van der Waals surface area contributed by atoms with E-state index in [9.17, 15) is 15.0 Å². The summed E-state index contributed by atoms with van der Waals surface area (Å²) in [4.78, 5) is 13.5. The van der Waals surface area contributed by atoms with E-state index in [0.717, 1.165) is 38.5 Å². The Bertz CT molecular complexity index is 599. The number of allylic oxidation sites excluding steroid dienone is 1. The highest BCUT2D eigenvalue weighted by molar-refractivity contribution is 5.76. The zero-order chi connectivity index (χ0) is 19.7. The molecule has 0 saturated heterocycles. The highest BCUT2D eigenvalue weighted by Crippen LogP contribution is 2.36. The van der Waals surface area contributed by atoms with Crippen molar-refractivity contribution in [1.82, 2.24) is 4.90 Å². The van der Waals surface area contributed by atoms with Crippen LogP contribution in [0.5, 0.6) is 0 Å². The molecule has 2 rings (SSSR count). The second kappa shape index (κ2) is 10.6. The quantitative estimate of drug-likeness (QED) is 0.512. The van der Waals surface area contributed by atoms with Gasteiger partial charge in [0.1, 0.15) is 0 Å². The first kappa shape index (κ1) is 21.6. The molecule has 1 amide bonds. The van der Waals surface area contributed by atoms with Crippen molar-refractivity contribution in [3.8, 4) is 0 Å². The molecule has 0 heterocycles. The first-order valence-electron chi connectivity index (χ1n) is 10.2. The Balaban J connectivity index is 1.71. The van der Waals surface area contributed by atoms with Gasteiger partial charge < -0.3 is 15.1 Å². The monoisotopic (exact) mass is 373 g/mol. The molecule has 1 aromatic rings. The van der Waals surface area contributed by atoms with Crippen molar-refractivity contribution >= 4 is 5.91 Å². The third-order valence-corrected chi connectivity index (χ3v) is 5.50. The van der Waals surface area contributed by atoms with Crippen LogP contribution in [0.3, 0.4) is 0 Å². The highest BCUT2D eigenvalue weighted by Gasteiger charge is 2.35. The van der Waals surface area contributed by atoms with Crippen molar-refractivity contribution in [2.24, 2.45) is 5.92 Å². The number of carbonyl (C=O) groups is 1. The number of hydrogen-bond donors (Lipinski definition) is 2. The molecule has 0 bridgehead atoms. The van der Waals surface area contributed by atoms with Crippen molar-refractivity contribution < 1.29 is 15.0 Å². The van der Waals surface area contributed by atoms with E-state index in [1.807, 2.05) is 18.2 Å². The van der Waals surface area contributed by atoms with E-state index >= 15 is 0 Å². The Labute approximate surface area is 163 Å². The fourth-order valence-corrected chi connectivity index (χ4v) is 3.86. The summed E-state index contributed by atoms with van der Waals surface area (Å²) < 4.78 is 0. The van der Waals surface area contributed by atoms with Gasteiger partial charge in [-0.1, -0.05) is 48.9 Å². The zero-order valence-electron chi connectivity index (χ0n) is 16.8. The van der Waals surface area contributed by atoms with Crippen LogP contribution in [-0.2, 0) is 11.2 Å². The van der Waals surface area contributed by atoms with Crippen LogP contribution in [-0.4, -0.2) is 46.8 Å². The zero-order valence-corrected chi connectivity index (χ0v) is 16.8. The fourth-order valence-electron chi connectivity index (χ4n) is 3.86. The number of aryl methyl sites for hydroxylation is 1. The lowest BCUT2D eigenvalue weighted by Gasteiger charge is -2.36. The summed E-state index contributed by atoms with van der Waals surface area (Å²) in [6.45, 7) is 0. The number of aliphatic hydroxyl groups is 2. The lowest BCUT2D eigenvalue weighted by atomic mass is 9.76. The third kappa shape index (κ3) is 7.86. The van der Waals surface area contributed by atoms with Crippen LogP contribution >= 0.6 is 0 Å². The average Bonchev–Trinajstić information content (AvgIpc) is 2.64. The van der Waals surface area contributed by atoms with Gasteiger partial charge in [0.2, 0.25) is 5.91 Å². The van der Waals surface area contributed by atoms with Gasteiger partial charge in [-0.2, -0.15) is 0 Å². The van der Waals surface area contributed by atoms with Crippen molar-refractivity contribution in [3.63, 3.8) is 0 Å². The molecular formula is C23H35NO3. The summed E-state index contributed by atoms with van der Waals surface area (Å²) in [7, 11) is 3.44. The summed E-state index contributed by atoms with van der Waals surface area (Å²) in [5, 5.41) is 21.0.